The maximum absolute atomic E-state index is 12.4. The predicted octanol–water partition coefficient (Wildman–Crippen LogP) is 5.00. The number of hydrogen-bond donors (Lipinski definition) is 2. The summed E-state index contributed by atoms with van der Waals surface area (Å²) in [7, 11) is 1.81. The third-order valence-corrected chi connectivity index (χ3v) is 7.07. The lowest BCUT2D eigenvalue weighted by molar-refractivity contribution is 0.0696. The third kappa shape index (κ3) is 3.90. The van der Waals surface area contributed by atoms with E-state index >= 15 is 0 Å². The Balaban J connectivity index is 1.92. The summed E-state index contributed by atoms with van der Waals surface area (Å²) in [6.07, 6.45) is 4.58. The molecular weight excluding hydrogens is 394 g/mol. The maximum Gasteiger partial charge on any atom is 0.337 e. The number of benzene rings is 1. The second kappa shape index (κ2) is 7.95. The van der Waals surface area contributed by atoms with Gasteiger partial charge in [0.2, 0.25) is 0 Å². The van der Waals surface area contributed by atoms with Crippen molar-refractivity contribution in [2.75, 3.05) is 7.05 Å². The molecule has 0 bridgehead atoms. The van der Waals surface area contributed by atoms with Crippen molar-refractivity contribution in [2.24, 2.45) is 11.3 Å². The van der Waals surface area contributed by atoms with Gasteiger partial charge in [-0.05, 0) is 41.9 Å². The molecule has 1 aliphatic rings. The van der Waals surface area contributed by atoms with Crippen LogP contribution in [0.1, 0.15) is 46.8 Å². The van der Waals surface area contributed by atoms with Gasteiger partial charge >= 0.3 is 5.97 Å². The lowest BCUT2D eigenvalue weighted by Gasteiger charge is -2.29. The average molecular weight is 422 g/mol. The van der Waals surface area contributed by atoms with E-state index in [4.69, 9.17) is 5.84 Å². The molecule has 2 heterocycles. The van der Waals surface area contributed by atoms with Crippen LogP contribution in [0.25, 0.3) is 21.6 Å². The Hall–Kier alpha value is -2.54. The fourth-order valence-electron chi connectivity index (χ4n) is 4.30. The van der Waals surface area contributed by atoms with Gasteiger partial charge in [0.05, 0.1) is 17.8 Å². The first-order valence-corrected chi connectivity index (χ1v) is 11.0. The van der Waals surface area contributed by atoms with E-state index in [1.807, 2.05) is 43.4 Å². The standard InChI is InChI=1S/C24H27N3O2S/c1-24(2)11-10-20-18(13-24)21(23(28)29)22(30-20)17-8-5-4-7-15(17)16-9-6-12-26-19(16)14-27(3)25/h4-9,12H,10-11,13-14,25H2,1-3H3,(H,28,29). The molecule has 1 aromatic carbocycles. The van der Waals surface area contributed by atoms with Crippen LogP contribution in [0.4, 0.5) is 0 Å². The molecule has 0 radical (unpaired) electrons. The molecule has 30 heavy (non-hydrogen) atoms. The molecule has 3 aromatic rings. The Morgan fingerprint density at radius 1 is 1.20 bits per heavy atom. The second-order valence-corrected chi connectivity index (χ2v) is 9.92. The molecule has 0 saturated carbocycles. The van der Waals surface area contributed by atoms with Crippen LogP contribution in [0.2, 0.25) is 0 Å². The zero-order valence-corrected chi connectivity index (χ0v) is 18.4. The van der Waals surface area contributed by atoms with Crippen LogP contribution < -0.4 is 5.84 Å². The van der Waals surface area contributed by atoms with E-state index in [0.717, 1.165) is 52.1 Å². The summed E-state index contributed by atoms with van der Waals surface area (Å²) in [5, 5.41) is 11.7. The largest absolute Gasteiger partial charge is 0.478 e. The molecule has 0 unspecified atom stereocenters. The highest BCUT2D eigenvalue weighted by molar-refractivity contribution is 7.16. The van der Waals surface area contributed by atoms with Gasteiger partial charge in [-0.3, -0.25) is 10.8 Å². The van der Waals surface area contributed by atoms with Crippen molar-refractivity contribution in [1.82, 2.24) is 9.99 Å². The molecule has 3 N–H and O–H groups in total. The quantitative estimate of drug-likeness (QED) is 0.448. The number of carboxylic acids is 1. The Morgan fingerprint density at radius 2 is 1.90 bits per heavy atom. The number of carboxylic acid groups (broad SMARTS) is 1. The van der Waals surface area contributed by atoms with E-state index < -0.39 is 5.97 Å². The smallest absolute Gasteiger partial charge is 0.337 e. The van der Waals surface area contributed by atoms with E-state index in [2.05, 4.69) is 18.8 Å². The summed E-state index contributed by atoms with van der Waals surface area (Å²) in [6, 6.07) is 12.0. The van der Waals surface area contributed by atoms with Crippen LogP contribution in [-0.2, 0) is 19.4 Å². The summed E-state index contributed by atoms with van der Waals surface area (Å²) >= 11 is 1.64. The highest BCUT2D eigenvalue weighted by Crippen LogP contribution is 2.47. The molecular formula is C24H27N3O2S. The Kier molecular flexibility index (Phi) is 5.49. The second-order valence-electron chi connectivity index (χ2n) is 8.81. The zero-order chi connectivity index (χ0) is 21.5. The SMILES string of the molecule is CN(N)Cc1ncccc1-c1ccccc1-c1sc2c(c1C(=O)O)CC(C)(C)CC2. The van der Waals surface area contributed by atoms with Gasteiger partial charge in [0, 0.05) is 34.1 Å². The number of aromatic nitrogens is 1. The van der Waals surface area contributed by atoms with E-state index in [1.165, 1.54) is 4.88 Å². The van der Waals surface area contributed by atoms with E-state index in [1.54, 1.807) is 22.5 Å². The number of fused-ring (bicyclic) bond motifs is 1. The van der Waals surface area contributed by atoms with Crippen LogP contribution in [0.15, 0.2) is 42.6 Å². The molecule has 2 aromatic heterocycles. The van der Waals surface area contributed by atoms with Crippen molar-refractivity contribution in [3.05, 3.63) is 64.3 Å². The van der Waals surface area contributed by atoms with Crippen molar-refractivity contribution >= 4 is 17.3 Å². The number of hydrogen-bond acceptors (Lipinski definition) is 5. The van der Waals surface area contributed by atoms with Gasteiger partial charge in [0.1, 0.15) is 0 Å². The van der Waals surface area contributed by atoms with Gasteiger partial charge in [-0.15, -0.1) is 11.3 Å². The molecule has 5 nitrogen and oxygen atoms in total. The highest BCUT2D eigenvalue weighted by Gasteiger charge is 2.33. The van der Waals surface area contributed by atoms with Gasteiger partial charge in [0.15, 0.2) is 0 Å². The van der Waals surface area contributed by atoms with E-state index in [0.29, 0.717) is 12.1 Å². The zero-order valence-electron chi connectivity index (χ0n) is 17.6. The number of hydrazine groups is 1. The number of aromatic carboxylic acids is 1. The number of nitrogens with zero attached hydrogens (tertiary/aromatic N) is 2. The molecule has 6 heteroatoms. The highest BCUT2D eigenvalue weighted by atomic mass is 32.1. The number of nitrogens with two attached hydrogens (primary N) is 1. The van der Waals surface area contributed by atoms with Crippen molar-refractivity contribution in [2.45, 2.75) is 39.7 Å². The fourth-order valence-corrected chi connectivity index (χ4v) is 5.65. The van der Waals surface area contributed by atoms with Crippen molar-refractivity contribution in [3.63, 3.8) is 0 Å². The van der Waals surface area contributed by atoms with Gasteiger partial charge in [-0.1, -0.05) is 44.2 Å². The summed E-state index contributed by atoms with van der Waals surface area (Å²) in [6.45, 7) is 4.95. The van der Waals surface area contributed by atoms with Crippen LogP contribution >= 0.6 is 11.3 Å². The monoisotopic (exact) mass is 421 g/mol. The Morgan fingerprint density at radius 3 is 2.60 bits per heavy atom. The van der Waals surface area contributed by atoms with Crippen molar-refractivity contribution in [3.8, 4) is 21.6 Å². The van der Waals surface area contributed by atoms with E-state index in [9.17, 15) is 9.90 Å². The van der Waals surface area contributed by atoms with E-state index in [-0.39, 0.29) is 5.41 Å². The number of pyridine rings is 1. The Labute approximate surface area is 181 Å². The molecule has 0 amide bonds. The van der Waals surface area contributed by atoms with Gasteiger partial charge in [-0.2, -0.15) is 0 Å². The molecule has 0 atom stereocenters. The normalized spacial score (nSPS) is 15.2. The van der Waals surface area contributed by atoms with Crippen LogP contribution in [0.3, 0.4) is 0 Å². The minimum atomic E-state index is -0.844. The molecule has 0 saturated heterocycles. The Bertz CT molecular complexity index is 1100. The first-order valence-electron chi connectivity index (χ1n) is 10.1. The molecule has 0 fully saturated rings. The van der Waals surface area contributed by atoms with Gasteiger partial charge in [0.25, 0.3) is 0 Å². The predicted molar refractivity (Wildman–Crippen MR) is 121 cm³/mol. The topological polar surface area (TPSA) is 79.5 Å². The van der Waals surface area contributed by atoms with Crippen LogP contribution in [-0.4, -0.2) is 28.1 Å². The summed E-state index contributed by atoms with van der Waals surface area (Å²) in [5.41, 5.74) is 5.39. The maximum atomic E-state index is 12.4. The molecule has 156 valence electrons. The lowest BCUT2D eigenvalue weighted by Crippen LogP contribution is -2.25. The fraction of sp³-hybridized carbons (Fsp3) is 0.333. The number of thiophene rings is 1. The summed E-state index contributed by atoms with van der Waals surface area (Å²) < 4.78 is 0. The van der Waals surface area contributed by atoms with Gasteiger partial charge in [-0.25, -0.2) is 9.80 Å². The van der Waals surface area contributed by atoms with Crippen LogP contribution in [0, 0.1) is 5.41 Å². The number of aryl methyl sites for hydroxylation is 1. The molecule has 0 spiro atoms. The number of carbonyl (C=O) groups is 1. The molecule has 4 rings (SSSR count). The van der Waals surface area contributed by atoms with Crippen molar-refractivity contribution < 1.29 is 9.90 Å². The van der Waals surface area contributed by atoms with Crippen molar-refractivity contribution in [1.29, 1.82) is 0 Å². The molecule has 0 aliphatic heterocycles. The minimum Gasteiger partial charge on any atom is -0.478 e. The molecule has 1 aliphatic carbocycles. The number of rotatable bonds is 5. The first kappa shape index (κ1) is 20.7. The lowest BCUT2D eigenvalue weighted by atomic mass is 9.75. The summed E-state index contributed by atoms with van der Waals surface area (Å²) in [5.74, 6) is 5.05. The first-order chi connectivity index (χ1) is 14.3. The minimum absolute atomic E-state index is 0.122. The summed E-state index contributed by atoms with van der Waals surface area (Å²) in [4.78, 5) is 19.0. The van der Waals surface area contributed by atoms with Gasteiger partial charge < -0.3 is 5.11 Å². The average Bonchev–Trinajstić information content (AvgIpc) is 3.05. The third-order valence-electron chi connectivity index (χ3n) is 5.74. The van der Waals surface area contributed by atoms with Crippen LogP contribution in [0.5, 0.6) is 0 Å².